The van der Waals surface area contributed by atoms with Gasteiger partial charge >= 0.3 is 0 Å². The summed E-state index contributed by atoms with van der Waals surface area (Å²) in [6.45, 7) is 0. The third-order valence-corrected chi connectivity index (χ3v) is 4.39. The van der Waals surface area contributed by atoms with E-state index in [2.05, 4.69) is 15.9 Å². The van der Waals surface area contributed by atoms with Gasteiger partial charge in [0.2, 0.25) is 0 Å². The Morgan fingerprint density at radius 2 is 2.07 bits per heavy atom. The van der Waals surface area contributed by atoms with Gasteiger partial charge in [0.15, 0.2) is 0 Å². The topological polar surface area (TPSA) is 34.1 Å². The summed E-state index contributed by atoms with van der Waals surface area (Å²) in [5, 5.41) is 0.0387. The van der Waals surface area contributed by atoms with Crippen molar-refractivity contribution in [2.24, 2.45) is 0 Å². The van der Waals surface area contributed by atoms with Crippen molar-refractivity contribution in [2.45, 2.75) is 23.0 Å². The van der Waals surface area contributed by atoms with Gasteiger partial charge in [0.1, 0.15) is 5.78 Å². The van der Waals surface area contributed by atoms with Crippen LogP contribution in [0, 0.1) is 0 Å². The molecule has 74 valence electrons. The fraction of sp³-hybridized carbons (Fsp3) is 0.300. The van der Waals surface area contributed by atoms with Crippen molar-refractivity contribution < 1.29 is 9.00 Å². The molecule has 1 aromatic rings. The van der Waals surface area contributed by atoms with E-state index in [0.717, 1.165) is 9.37 Å². The smallest absolute Gasteiger partial charge is 0.135 e. The molecule has 0 spiro atoms. The summed E-state index contributed by atoms with van der Waals surface area (Å²) in [7, 11) is -1.02. The van der Waals surface area contributed by atoms with Crippen molar-refractivity contribution in [3.63, 3.8) is 0 Å². The summed E-state index contributed by atoms with van der Waals surface area (Å²) >= 11 is 3.33. The van der Waals surface area contributed by atoms with Gasteiger partial charge in [-0.15, -0.1) is 0 Å². The van der Waals surface area contributed by atoms with Gasteiger partial charge < -0.3 is 0 Å². The van der Waals surface area contributed by atoms with E-state index in [1.165, 1.54) is 0 Å². The largest absolute Gasteiger partial charge is 0.300 e. The minimum Gasteiger partial charge on any atom is -0.300 e. The third-order valence-electron chi connectivity index (χ3n) is 2.24. The zero-order valence-electron chi connectivity index (χ0n) is 7.40. The molecule has 2 rings (SSSR count). The summed E-state index contributed by atoms with van der Waals surface area (Å²) < 4.78 is 12.8. The Morgan fingerprint density at radius 1 is 1.36 bits per heavy atom. The van der Waals surface area contributed by atoms with Crippen LogP contribution in [0.2, 0.25) is 0 Å². The van der Waals surface area contributed by atoms with Crippen molar-refractivity contribution in [3.8, 4) is 0 Å². The number of halogens is 1. The van der Waals surface area contributed by atoms with Gasteiger partial charge in [0, 0.05) is 22.2 Å². The molecule has 2 nitrogen and oxygen atoms in total. The fourth-order valence-electron chi connectivity index (χ4n) is 1.38. The third kappa shape index (κ3) is 1.96. The first-order valence-corrected chi connectivity index (χ1v) is 6.35. The molecule has 0 aromatic heterocycles. The highest BCUT2D eigenvalue weighted by atomic mass is 79.9. The minimum absolute atomic E-state index is 0.0387. The Morgan fingerprint density at radius 3 is 2.64 bits per heavy atom. The first-order valence-electron chi connectivity index (χ1n) is 4.34. The molecule has 0 bridgehead atoms. The molecule has 1 unspecified atom stereocenters. The molecule has 0 amide bonds. The summed E-state index contributed by atoms with van der Waals surface area (Å²) in [6.07, 6.45) is 0.943. The highest BCUT2D eigenvalue weighted by molar-refractivity contribution is 9.10. The highest BCUT2D eigenvalue weighted by Crippen LogP contribution is 2.26. The second-order valence-electron chi connectivity index (χ2n) is 3.32. The zero-order valence-corrected chi connectivity index (χ0v) is 9.81. The summed E-state index contributed by atoms with van der Waals surface area (Å²) in [6, 6.07) is 7.44. The van der Waals surface area contributed by atoms with Crippen LogP contribution in [0.25, 0.3) is 0 Å². The van der Waals surface area contributed by atoms with E-state index in [1.807, 2.05) is 24.3 Å². The van der Waals surface area contributed by atoms with Crippen LogP contribution in [0.15, 0.2) is 33.6 Å². The van der Waals surface area contributed by atoms with Crippen LogP contribution in [0.1, 0.15) is 12.8 Å². The molecular formula is C10H9BrO2S. The number of ketones is 1. The van der Waals surface area contributed by atoms with Crippen molar-refractivity contribution in [2.75, 3.05) is 0 Å². The second kappa shape index (κ2) is 3.95. The Hall–Kier alpha value is -0.480. The van der Waals surface area contributed by atoms with Crippen LogP contribution >= 0.6 is 15.9 Å². The fourth-order valence-corrected chi connectivity index (χ4v) is 3.45. The normalized spacial score (nSPS) is 19.1. The molecular weight excluding hydrogens is 264 g/mol. The predicted octanol–water partition coefficient (Wildman–Crippen LogP) is 2.29. The maximum Gasteiger partial charge on any atom is 0.135 e. The molecule has 1 atom stereocenters. The lowest BCUT2D eigenvalue weighted by Crippen LogP contribution is -2.32. The molecule has 1 aliphatic carbocycles. The SMILES string of the molecule is O=C1CC(S(=O)c2cccc(Br)c2)C1. The van der Waals surface area contributed by atoms with E-state index < -0.39 is 10.8 Å². The summed E-state index contributed by atoms with van der Waals surface area (Å²) in [5.41, 5.74) is 0. The van der Waals surface area contributed by atoms with Crippen molar-refractivity contribution >= 4 is 32.5 Å². The highest BCUT2D eigenvalue weighted by Gasteiger charge is 2.32. The monoisotopic (exact) mass is 272 g/mol. The average molecular weight is 273 g/mol. The van der Waals surface area contributed by atoms with E-state index in [1.54, 1.807) is 0 Å². The molecule has 0 aliphatic heterocycles. The van der Waals surface area contributed by atoms with E-state index in [0.29, 0.717) is 12.8 Å². The quantitative estimate of drug-likeness (QED) is 0.828. The average Bonchev–Trinajstić information content (AvgIpc) is 2.12. The maximum absolute atomic E-state index is 11.9. The summed E-state index contributed by atoms with van der Waals surface area (Å²) in [4.78, 5) is 11.6. The van der Waals surface area contributed by atoms with Crippen LogP contribution in [0.5, 0.6) is 0 Å². The van der Waals surface area contributed by atoms with Crippen LogP contribution in [-0.4, -0.2) is 15.2 Å². The number of benzene rings is 1. The van der Waals surface area contributed by atoms with Crippen molar-refractivity contribution in [1.29, 1.82) is 0 Å². The molecule has 4 heteroatoms. The predicted molar refractivity (Wildman–Crippen MR) is 58.6 cm³/mol. The Balaban J connectivity index is 2.15. The Kier molecular flexibility index (Phi) is 2.83. The molecule has 1 aromatic carbocycles. The molecule has 0 heterocycles. The molecule has 14 heavy (non-hydrogen) atoms. The van der Waals surface area contributed by atoms with Crippen LogP contribution < -0.4 is 0 Å². The molecule has 1 fully saturated rings. The Labute approximate surface area is 93.3 Å². The molecule has 0 N–H and O–H groups in total. The lowest BCUT2D eigenvalue weighted by molar-refractivity contribution is -0.123. The van der Waals surface area contributed by atoms with Gasteiger partial charge in [-0.25, -0.2) is 0 Å². The number of hydrogen-bond donors (Lipinski definition) is 0. The van der Waals surface area contributed by atoms with Crippen LogP contribution in [0.3, 0.4) is 0 Å². The number of rotatable bonds is 2. The number of hydrogen-bond acceptors (Lipinski definition) is 2. The van der Waals surface area contributed by atoms with Crippen molar-refractivity contribution in [1.82, 2.24) is 0 Å². The second-order valence-corrected chi connectivity index (χ2v) is 5.97. The van der Waals surface area contributed by atoms with Crippen LogP contribution in [0.4, 0.5) is 0 Å². The molecule has 1 saturated carbocycles. The van der Waals surface area contributed by atoms with Crippen LogP contribution in [-0.2, 0) is 15.6 Å². The van der Waals surface area contributed by atoms with Gasteiger partial charge in [0.05, 0.1) is 16.0 Å². The lowest BCUT2D eigenvalue weighted by atomic mass is 9.98. The first-order chi connectivity index (χ1) is 6.66. The van der Waals surface area contributed by atoms with Crippen molar-refractivity contribution in [3.05, 3.63) is 28.7 Å². The van der Waals surface area contributed by atoms with E-state index in [9.17, 15) is 9.00 Å². The standard InChI is InChI=1S/C10H9BrO2S/c11-7-2-1-3-9(4-7)14(13)10-5-8(12)6-10/h1-4,10H,5-6H2. The molecule has 0 saturated heterocycles. The molecule has 1 aliphatic rings. The maximum atomic E-state index is 11.9. The first kappa shape index (κ1) is 10.1. The van der Waals surface area contributed by atoms with E-state index in [4.69, 9.17) is 0 Å². The number of carbonyl (C=O) groups is 1. The van der Waals surface area contributed by atoms with E-state index >= 15 is 0 Å². The number of carbonyl (C=O) groups excluding carboxylic acids is 1. The molecule has 0 radical (unpaired) electrons. The minimum atomic E-state index is -1.02. The summed E-state index contributed by atoms with van der Waals surface area (Å²) in [5.74, 6) is 0.221. The lowest BCUT2D eigenvalue weighted by Gasteiger charge is -2.23. The van der Waals surface area contributed by atoms with Gasteiger partial charge in [-0.05, 0) is 18.2 Å². The van der Waals surface area contributed by atoms with Gasteiger partial charge in [-0.2, -0.15) is 0 Å². The Bertz CT molecular complexity index is 395. The van der Waals surface area contributed by atoms with Gasteiger partial charge in [-0.3, -0.25) is 9.00 Å². The van der Waals surface area contributed by atoms with Gasteiger partial charge in [-0.1, -0.05) is 22.0 Å². The van der Waals surface area contributed by atoms with Gasteiger partial charge in [0.25, 0.3) is 0 Å². The number of Topliss-reactive ketones (excluding diaryl/α,β-unsaturated/α-hetero) is 1. The zero-order chi connectivity index (χ0) is 10.1. The van der Waals surface area contributed by atoms with E-state index in [-0.39, 0.29) is 11.0 Å².